The third-order valence-electron chi connectivity index (χ3n) is 2.09. The Morgan fingerprint density at radius 1 is 1.56 bits per heavy atom. The van der Waals surface area contributed by atoms with Crippen LogP contribution in [-0.2, 0) is 14.8 Å². The number of halogens is 2. The first-order valence-electron chi connectivity index (χ1n) is 4.98. The predicted octanol–water partition coefficient (Wildman–Crippen LogP) is 2.80. The zero-order valence-electron chi connectivity index (χ0n) is 9.31. The number of carbonyl (C=O) groups is 1. The lowest BCUT2D eigenvalue weighted by Gasteiger charge is -2.13. The molecule has 0 aliphatic rings. The third-order valence-corrected chi connectivity index (χ3v) is 6.31. The number of sulfonamides is 1. The molecule has 0 saturated heterocycles. The van der Waals surface area contributed by atoms with Gasteiger partial charge in [-0.25, -0.2) is 8.42 Å². The summed E-state index contributed by atoms with van der Waals surface area (Å²) in [5, 5.41) is 8.94. The molecule has 102 valence electrons. The molecular weight excluding hydrogens is 410 g/mol. The molecule has 18 heavy (non-hydrogen) atoms. The van der Waals surface area contributed by atoms with Gasteiger partial charge in [0.25, 0.3) is 0 Å². The normalized spacial score (nSPS) is 13.5. The van der Waals surface area contributed by atoms with Crippen LogP contribution in [0.3, 0.4) is 0 Å². The maximum Gasteiger partial charge on any atom is 0.321 e. The minimum atomic E-state index is -3.83. The topological polar surface area (TPSA) is 83.5 Å². The maximum atomic E-state index is 12.0. The first-order chi connectivity index (χ1) is 8.27. The number of carboxylic acids is 1. The molecule has 1 aromatic heterocycles. The van der Waals surface area contributed by atoms with E-state index in [1.165, 1.54) is 17.4 Å². The zero-order valence-corrected chi connectivity index (χ0v) is 14.1. The SMILES string of the molecule is CCCC(NS(=O)(=O)c1cc(Br)sc1Br)C(=O)O. The van der Waals surface area contributed by atoms with Gasteiger partial charge < -0.3 is 5.11 Å². The van der Waals surface area contributed by atoms with Gasteiger partial charge >= 0.3 is 5.97 Å². The molecule has 1 aromatic rings. The second-order valence-electron chi connectivity index (χ2n) is 3.49. The zero-order chi connectivity index (χ0) is 13.9. The second kappa shape index (κ2) is 6.47. The largest absolute Gasteiger partial charge is 0.480 e. The Bertz CT molecular complexity index is 541. The summed E-state index contributed by atoms with van der Waals surface area (Å²) in [6.07, 6.45) is 0.825. The molecule has 0 amide bonds. The van der Waals surface area contributed by atoms with E-state index < -0.39 is 22.0 Å². The van der Waals surface area contributed by atoms with Gasteiger partial charge in [-0.1, -0.05) is 13.3 Å². The molecule has 9 heteroatoms. The number of hydrogen-bond acceptors (Lipinski definition) is 4. The van der Waals surface area contributed by atoms with E-state index in [1.807, 2.05) is 0 Å². The lowest BCUT2D eigenvalue weighted by molar-refractivity contribution is -0.139. The highest BCUT2D eigenvalue weighted by molar-refractivity contribution is 9.12. The van der Waals surface area contributed by atoms with Crippen molar-refractivity contribution in [1.82, 2.24) is 4.72 Å². The summed E-state index contributed by atoms with van der Waals surface area (Å²) in [5.41, 5.74) is 0. The van der Waals surface area contributed by atoms with Gasteiger partial charge in [-0.2, -0.15) is 4.72 Å². The highest BCUT2D eigenvalue weighted by atomic mass is 79.9. The van der Waals surface area contributed by atoms with Crippen LogP contribution in [0.15, 0.2) is 18.5 Å². The Morgan fingerprint density at radius 2 is 2.17 bits per heavy atom. The van der Waals surface area contributed by atoms with Crippen molar-refractivity contribution in [2.45, 2.75) is 30.7 Å². The van der Waals surface area contributed by atoms with E-state index in [1.54, 1.807) is 6.92 Å². The average molecular weight is 421 g/mol. The Morgan fingerprint density at radius 3 is 2.56 bits per heavy atom. The van der Waals surface area contributed by atoms with Crippen LogP contribution in [0.25, 0.3) is 0 Å². The van der Waals surface area contributed by atoms with Crippen molar-refractivity contribution in [2.75, 3.05) is 0 Å². The monoisotopic (exact) mass is 419 g/mol. The molecule has 2 N–H and O–H groups in total. The summed E-state index contributed by atoms with van der Waals surface area (Å²) >= 11 is 7.53. The van der Waals surface area contributed by atoms with Gasteiger partial charge in [-0.05, 0) is 44.3 Å². The lowest BCUT2D eigenvalue weighted by atomic mass is 10.2. The molecule has 1 atom stereocenters. The van der Waals surface area contributed by atoms with Crippen LogP contribution in [0.5, 0.6) is 0 Å². The lowest BCUT2D eigenvalue weighted by Crippen LogP contribution is -2.40. The van der Waals surface area contributed by atoms with Crippen molar-refractivity contribution in [2.24, 2.45) is 0 Å². The fraction of sp³-hybridized carbons (Fsp3) is 0.444. The molecule has 1 rings (SSSR count). The Labute approximate surface area is 126 Å². The quantitative estimate of drug-likeness (QED) is 0.741. The number of aliphatic carboxylic acids is 1. The Balaban J connectivity index is 3.00. The maximum absolute atomic E-state index is 12.0. The molecule has 0 radical (unpaired) electrons. The number of thiophene rings is 1. The van der Waals surface area contributed by atoms with E-state index in [0.717, 1.165) is 0 Å². The first-order valence-corrected chi connectivity index (χ1v) is 8.86. The van der Waals surface area contributed by atoms with Gasteiger partial charge in [-0.15, -0.1) is 11.3 Å². The molecule has 0 aliphatic heterocycles. The van der Waals surface area contributed by atoms with Gasteiger partial charge in [0.2, 0.25) is 10.0 Å². The number of rotatable bonds is 6. The highest BCUT2D eigenvalue weighted by Gasteiger charge is 2.27. The number of hydrogen-bond donors (Lipinski definition) is 2. The van der Waals surface area contributed by atoms with Crippen LogP contribution < -0.4 is 4.72 Å². The highest BCUT2D eigenvalue weighted by Crippen LogP contribution is 2.34. The van der Waals surface area contributed by atoms with E-state index in [0.29, 0.717) is 14.0 Å². The van der Waals surface area contributed by atoms with Crippen molar-refractivity contribution in [3.63, 3.8) is 0 Å². The van der Waals surface area contributed by atoms with Crippen molar-refractivity contribution in [3.8, 4) is 0 Å². The van der Waals surface area contributed by atoms with E-state index in [4.69, 9.17) is 5.11 Å². The van der Waals surface area contributed by atoms with Crippen LogP contribution in [0.4, 0.5) is 0 Å². The number of nitrogens with one attached hydrogen (secondary N) is 1. The second-order valence-corrected chi connectivity index (χ2v) is 8.92. The average Bonchev–Trinajstić information content (AvgIpc) is 2.57. The fourth-order valence-corrected chi connectivity index (χ4v) is 6.32. The third kappa shape index (κ3) is 4.02. The molecule has 0 spiro atoms. The smallest absolute Gasteiger partial charge is 0.321 e. The summed E-state index contributed by atoms with van der Waals surface area (Å²) in [4.78, 5) is 11.0. The minimum absolute atomic E-state index is 0.0433. The van der Waals surface area contributed by atoms with Crippen molar-refractivity contribution >= 4 is 59.2 Å². The summed E-state index contributed by atoms with van der Waals surface area (Å²) in [7, 11) is -3.83. The molecule has 1 unspecified atom stereocenters. The molecule has 1 heterocycles. The fourth-order valence-electron chi connectivity index (χ4n) is 1.28. The van der Waals surface area contributed by atoms with E-state index in [9.17, 15) is 13.2 Å². The molecule has 0 aliphatic carbocycles. The van der Waals surface area contributed by atoms with Crippen LogP contribution >= 0.6 is 43.2 Å². The van der Waals surface area contributed by atoms with E-state index in [-0.39, 0.29) is 11.3 Å². The van der Waals surface area contributed by atoms with E-state index in [2.05, 4.69) is 36.6 Å². The number of carboxylic acid groups (broad SMARTS) is 1. The van der Waals surface area contributed by atoms with Gasteiger partial charge in [0.05, 0.1) is 7.57 Å². The summed E-state index contributed by atoms with van der Waals surface area (Å²) < 4.78 is 27.4. The molecule has 0 aromatic carbocycles. The Hall–Kier alpha value is 0.0400. The summed E-state index contributed by atoms with van der Waals surface area (Å²) in [6, 6.07) is 0.327. The van der Waals surface area contributed by atoms with Gasteiger partial charge in [-0.3, -0.25) is 4.79 Å². The van der Waals surface area contributed by atoms with Crippen molar-refractivity contribution in [1.29, 1.82) is 0 Å². The summed E-state index contributed by atoms with van der Waals surface area (Å²) in [5.74, 6) is -1.18. The first kappa shape index (κ1) is 16.1. The van der Waals surface area contributed by atoms with E-state index >= 15 is 0 Å². The van der Waals surface area contributed by atoms with Crippen LogP contribution in [0, 0.1) is 0 Å². The standard InChI is InChI=1S/C9H11Br2NO4S2/c1-2-3-5(9(13)14)12-18(15,16)6-4-7(10)17-8(6)11/h4-5,12H,2-3H2,1H3,(H,13,14). The van der Waals surface area contributed by atoms with Gasteiger partial charge in [0, 0.05) is 0 Å². The Kier molecular flexibility index (Phi) is 5.78. The molecule has 5 nitrogen and oxygen atoms in total. The van der Waals surface area contributed by atoms with Gasteiger partial charge in [0.1, 0.15) is 10.9 Å². The van der Waals surface area contributed by atoms with Crippen LogP contribution in [-0.4, -0.2) is 25.5 Å². The minimum Gasteiger partial charge on any atom is -0.480 e. The van der Waals surface area contributed by atoms with Crippen LogP contribution in [0.1, 0.15) is 19.8 Å². The molecule has 0 fully saturated rings. The molecule has 0 saturated carbocycles. The van der Waals surface area contributed by atoms with Crippen molar-refractivity contribution < 1.29 is 18.3 Å². The predicted molar refractivity (Wildman–Crippen MR) is 76.4 cm³/mol. The van der Waals surface area contributed by atoms with Crippen molar-refractivity contribution in [3.05, 3.63) is 13.6 Å². The molecule has 0 bridgehead atoms. The molecular formula is C9H11Br2NO4S2. The summed E-state index contributed by atoms with van der Waals surface area (Å²) in [6.45, 7) is 1.79. The van der Waals surface area contributed by atoms with Crippen LogP contribution in [0.2, 0.25) is 0 Å². The van der Waals surface area contributed by atoms with Gasteiger partial charge in [0.15, 0.2) is 0 Å².